The third kappa shape index (κ3) is 3.49. The lowest BCUT2D eigenvalue weighted by Gasteiger charge is -2.41. The largest absolute Gasteiger partial charge is 0.465 e. The molecule has 6 rings (SSSR count). The van der Waals surface area contributed by atoms with Gasteiger partial charge in [0.2, 0.25) is 0 Å². The highest BCUT2D eigenvalue weighted by Crippen LogP contribution is 2.39. The van der Waals surface area contributed by atoms with E-state index in [4.69, 9.17) is 0 Å². The molecular formula is C24H25FN8O2. The van der Waals surface area contributed by atoms with Crippen molar-refractivity contribution in [2.45, 2.75) is 43.8 Å². The second-order valence-corrected chi connectivity index (χ2v) is 9.43. The number of carboxylic acid groups (broad SMARTS) is 1. The van der Waals surface area contributed by atoms with Crippen LogP contribution in [0.15, 0.2) is 36.8 Å². The predicted octanol–water partition coefficient (Wildman–Crippen LogP) is 3.67. The molecule has 0 spiro atoms. The van der Waals surface area contributed by atoms with Gasteiger partial charge in [0, 0.05) is 60.5 Å². The smallest absolute Gasteiger partial charge is 0.407 e. The molecule has 2 aliphatic heterocycles. The zero-order valence-electron chi connectivity index (χ0n) is 19.4. The molecule has 2 fully saturated rings. The number of rotatable bonds is 4. The zero-order valence-corrected chi connectivity index (χ0v) is 19.4. The maximum atomic E-state index is 15.3. The van der Waals surface area contributed by atoms with E-state index in [9.17, 15) is 9.90 Å². The van der Waals surface area contributed by atoms with Gasteiger partial charge in [0.15, 0.2) is 5.82 Å². The van der Waals surface area contributed by atoms with Gasteiger partial charge >= 0.3 is 6.09 Å². The maximum Gasteiger partial charge on any atom is 0.407 e. The number of aromatic amines is 1. The minimum absolute atomic E-state index is 0.0564. The molecule has 2 aliphatic rings. The maximum absolute atomic E-state index is 15.3. The van der Waals surface area contributed by atoms with E-state index >= 15 is 4.39 Å². The van der Waals surface area contributed by atoms with Crippen LogP contribution in [-0.4, -0.2) is 71.4 Å². The molecule has 2 saturated heterocycles. The van der Waals surface area contributed by atoms with Crippen LogP contribution in [0.3, 0.4) is 0 Å². The Balaban J connectivity index is 1.28. The second-order valence-electron chi connectivity index (χ2n) is 9.43. The molecule has 0 saturated carbocycles. The summed E-state index contributed by atoms with van der Waals surface area (Å²) in [4.78, 5) is 15.3. The van der Waals surface area contributed by atoms with E-state index in [2.05, 4.69) is 30.4 Å². The number of aryl methyl sites for hydroxylation is 1. The molecule has 1 aromatic carbocycles. The van der Waals surface area contributed by atoms with Gasteiger partial charge in [0.05, 0.1) is 23.6 Å². The lowest BCUT2D eigenvalue weighted by molar-refractivity contribution is 0.0965. The van der Waals surface area contributed by atoms with E-state index in [-0.39, 0.29) is 23.9 Å². The fourth-order valence-corrected chi connectivity index (χ4v) is 5.75. The number of hydrogen-bond donors (Lipinski definition) is 2. The van der Waals surface area contributed by atoms with E-state index in [0.29, 0.717) is 39.1 Å². The van der Waals surface area contributed by atoms with Gasteiger partial charge in [-0.25, -0.2) is 9.18 Å². The van der Waals surface area contributed by atoms with Crippen LogP contribution in [0.2, 0.25) is 0 Å². The molecule has 2 bridgehead atoms. The first kappa shape index (κ1) is 21.5. The summed E-state index contributed by atoms with van der Waals surface area (Å²) in [5.74, 6) is 0.320. The number of H-pyrrole nitrogens is 1. The lowest BCUT2D eigenvalue weighted by atomic mass is 9.96. The van der Waals surface area contributed by atoms with Gasteiger partial charge in [0.1, 0.15) is 5.82 Å². The molecule has 11 heteroatoms. The van der Waals surface area contributed by atoms with Crippen molar-refractivity contribution in [1.82, 2.24) is 35.1 Å². The van der Waals surface area contributed by atoms with E-state index < -0.39 is 6.09 Å². The summed E-state index contributed by atoms with van der Waals surface area (Å²) in [6, 6.07) is 5.47. The van der Waals surface area contributed by atoms with Gasteiger partial charge in [-0.3, -0.25) is 9.78 Å². The lowest BCUT2D eigenvalue weighted by Crippen LogP contribution is -2.51. The van der Waals surface area contributed by atoms with Crippen molar-refractivity contribution in [2.75, 3.05) is 11.9 Å². The average molecular weight is 477 g/mol. The fraction of sp³-hybridized carbons (Fsp3) is 0.375. The van der Waals surface area contributed by atoms with Crippen LogP contribution < -0.4 is 4.90 Å². The number of benzene rings is 1. The molecule has 2 atom stereocenters. The normalized spacial score (nSPS) is 21.6. The summed E-state index contributed by atoms with van der Waals surface area (Å²) in [6.45, 7) is 0. The van der Waals surface area contributed by atoms with Crippen LogP contribution in [0.5, 0.6) is 0 Å². The summed E-state index contributed by atoms with van der Waals surface area (Å²) < 4.78 is 16.9. The Bertz CT molecular complexity index is 1400. The molecule has 4 aromatic rings. The van der Waals surface area contributed by atoms with Gasteiger partial charge < -0.3 is 14.9 Å². The van der Waals surface area contributed by atoms with E-state index in [1.165, 1.54) is 6.07 Å². The number of hydrogen-bond acceptors (Lipinski definition) is 6. The van der Waals surface area contributed by atoms with Crippen LogP contribution >= 0.6 is 0 Å². The molecule has 10 nitrogen and oxygen atoms in total. The van der Waals surface area contributed by atoms with Crippen LogP contribution in [0.1, 0.15) is 25.7 Å². The van der Waals surface area contributed by atoms with Crippen LogP contribution in [-0.2, 0) is 7.05 Å². The van der Waals surface area contributed by atoms with Crippen LogP contribution in [0.4, 0.5) is 15.0 Å². The van der Waals surface area contributed by atoms with Crippen molar-refractivity contribution >= 4 is 22.8 Å². The number of carbonyl (C=O) groups is 1. The van der Waals surface area contributed by atoms with Gasteiger partial charge in [-0.05, 0) is 43.9 Å². The Kier molecular flexibility index (Phi) is 4.94. The molecule has 2 unspecified atom stereocenters. The van der Waals surface area contributed by atoms with Gasteiger partial charge in [0.25, 0.3) is 0 Å². The van der Waals surface area contributed by atoms with Crippen molar-refractivity contribution in [3.05, 3.63) is 42.6 Å². The van der Waals surface area contributed by atoms with Crippen LogP contribution in [0, 0.1) is 5.82 Å². The first-order chi connectivity index (χ1) is 16.9. The van der Waals surface area contributed by atoms with Crippen molar-refractivity contribution in [1.29, 1.82) is 0 Å². The number of anilines is 1. The van der Waals surface area contributed by atoms with Gasteiger partial charge in [-0.2, -0.15) is 10.2 Å². The quantitative estimate of drug-likeness (QED) is 0.462. The molecule has 0 radical (unpaired) electrons. The van der Waals surface area contributed by atoms with Gasteiger partial charge in [-0.15, -0.1) is 10.2 Å². The third-order valence-corrected chi connectivity index (χ3v) is 7.45. The van der Waals surface area contributed by atoms with Crippen molar-refractivity contribution < 1.29 is 14.3 Å². The molecule has 5 heterocycles. The number of nitrogens with zero attached hydrogens (tertiary/aromatic N) is 7. The number of amides is 1. The zero-order chi connectivity index (χ0) is 24.3. The minimum Gasteiger partial charge on any atom is -0.465 e. The highest BCUT2D eigenvalue weighted by Gasteiger charge is 2.44. The fourth-order valence-electron chi connectivity index (χ4n) is 5.75. The number of nitrogens with one attached hydrogen (secondary N) is 1. The first-order valence-corrected chi connectivity index (χ1v) is 11.6. The standard InChI is InChI=1S/C24H25FN8O2/c1-31-12-13(10-27-31)22-18-11-26-30-23(18)17(9-19(22)25)20-5-6-21(29-28-20)32(2)16-7-14-3-4-15(8-16)33(14)24(34)35/h5-6,9-12,14-16H,3-4,7-8H2,1-2H3,(H,26,30)(H,34,35). The number of aromatic nitrogens is 6. The van der Waals surface area contributed by atoms with E-state index in [1.807, 2.05) is 19.2 Å². The Hall–Kier alpha value is -4.02. The minimum atomic E-state index is -0.824. The number of piperidine rings is 1. The van der Waals surface area contributed by atoms with Crippen LogP contribution in [0.25, 0.3) is 33.3 Å². The Labute approximate surface area is 200 Å². The Morgan fingerprint density at radius 2 is 1.97 bits per heavy atom. The topological polar surface area (TPSA) is 116 Å². The molecule has 35 heavy (non-hydrogen) atoms. The Morgan fingerprint density at radius 1 is 1.20 bits per heavy atom. The monoisotopic (exact) mass is 476 g/mol. The number of fused-ring (bicyclic) bond motifs is 3. The summed E-state index contributed by atoms with van der Waals surface area (Å²) in [7, 11) is 3.76. The Morgan fingerprint density at radius 3 is 2.60 bits per heavy atom. The second kappa shape index (κ2) is 8.03. The molecule has 1 amide bonds. The molecular weight excluding hydrogens is 451 g/mol. The molecule has 3 aromatic heterocycles. The summed E-state index contributed by atoms with van der Waals surface area (Å²) in [6.07, 6.45) is 7.55. The summed E-state index contributed by atoms with van der Waals surface area (Å²) >= 11 is 0. The summed E-state index contributed by atoms with van der Waals surface area (Å²) in [5, 5.41) is 30.3. The number of halogens is 1. The van der Waals surface area contributed by atoms with E-state index in [0.717, 1.165) is 25.7 Å². The third-order valence-electron chi connectivity index (χ3n) is 7.45. The van der Waals surface area contributed by atoms with Crippen molar-refractivity contribution in [2.24, 2.45) is 7.05 Å². The van der Waals surface area contributed by atoms with E-state index in [1.54, 1.807) is 35.2 Å². The van der Waals surface area contributed by atoms with Crippen molar-refractivity contribution in [3.63, 3.8) is 0 Å². The molecule has 2 N–H and O–H groups in total. The highest BCUT2D eigenvalue weighted by molar-refractivity contribution is 6.02. The SMILES string of the molecule is CN(c1ccc(-c2cc(F)c(-c3cnn(C)c3)c3cn[nH]c23)nn1)C1CC2CCC(C1)N2C(=O)O. The summed E-state index contributed by atoms with van der Waals surface area (Å²) in [5.41, 5.74) is 2.91. The highest BCUT2D eigenvalue weighted by atomic mass is 19.1. The first-order valence-electron chi connectivity index (χ1n) is 11.6. The molecule has 0 aliphatic carbocycles. The average Bonchev–Trinajstić information content (AvgIpc) is 3.56. The van der Waals surface area contributed by atoms with Gasteiger partial charge in [-0.1, -0.05) is 0 Å². The molecule has 180 valence electrons. The van der Waals surface area contributed by atoms with Crippen molar-refractivity contribution in [3.8, 4) is 22.4 Å². The predicted molar refractivity (Wildman–Crippen MR) is 127 cm³/mol.